The van der Waals surface area contributed by atoms with Crippen molar-refractivity contribution in [3.63, 3.8) is 0 Å². The van der Waals surface area contributed by atoms with Crippen LogP contribution in [0.4, 0.5) is 0 Å². The van der Waals surface area contributed by atoms with Crippen molar-refractivity contribution in [1.82, 2.24) is 0 Å². The monoisotopic (exact) mass is 229 g/mol. The molecule has 0 aliphatic carbocycles. The second-order valence-corrected chi connectivity index (χ2v) is 3.53. The Morgan fingerprint density at radius 2 is 2.14 bits per heavy atom. The zero-order valence-electron chi connectivity index (χ0n) is 7.46. The number of nitrogens with zero attached hydrogens (tertiary/aromatic N) is 1. The molecule has 0 aromatic heterocycles. The topological polar surface area (TPSA) is 33.0 Å². The molecule has 0 aliphatic heterocycles. The third kappa shape index (κ3) is 3.45. The fourth-order valence-electron chi connectivity index (χ4n) is 0.921. The molecular formula is C10H9Cl2NO. The summed E-state index contributed by atoms with van der Waals surface area (Å²) in [6, 6.07) is 7.09. The highest BCUT2D eigenvalue weighted by Gasteiger charge is 2.01. The van der Waals surface area contributed by atoms with Gasteiger partial charge in [-0.2, -0.15) is 5.26 Å². The molecule has 74 valence electrons. The van der Waals surface area contributed by atoms with Gasteiger partial charge in [-0.25, -0.2) is 0 Å². The van der Waals surface area contributed by atoms with Crippen molar-refractivity contribution in [3.8, 4) is 11.8 Å². The number of ether oxygens (including phenoxy) is 1. The summed E-state index contributed by atoms with van der Waals surface area (Å²) in [5.74, 6) is 0.567. The minimum atomic E-state index is 0.480. The van der Waals surface area contributed by atoms with Crippen molar-refractivity contribution < 1.29 is 4.74 Å². The van der Waals surface area contributed by atoms with Crippen LogP contribution in [0.1, 0.15) is 12.8 Å². The Hall–Kier alpha value is -0.910. The van der Waals surface area contributed by atoms with E-state index in [1.807, 2.05) is 6.07 Å². The first-order chi connectivity index (χ1) is 6.74. The number of unbranched alkanes of at least 4 members (excludes halogenated alkanes) is 1. The van der Waals surface area contributed by atoms with Gasteiger partial charge in [-0.05, 0) is 18.6 Å². The number of rotatable bonds is 4. The smallest absolute Gasteiger partial charge is 0.139 e. The summed E-state index contributed by atoms with van der Waals surface area (Å²) in [5.41, 5.74) is 0. The predicted molar refractivity (Wildman–Crippen MR) is 56.8 cm³/mol. The molecule has 1 rings (SSSR count). The maximum atomic E-state index is 8.31. The SMILES string of the molecule is N#CCCCOc1cc(Cl)ccc1Cl. The third-order valence-corrected chi connectivity index (χ3v) is 2.13. The molecule has 0 aliphatic rings. The molecule has 0 bridgehead atoms. The molecule has 4 heteroatoms. The van der Waals surface area contributed by atoms with Crippen molar-refractivity contribution in [2.24, 2.45) is 0 Å². The maximum absolute atomic E-state index is 8.31. The van der Waals surface area contributed by atoms with E-state index in [0.717, 1.165) is 0 Å². The van der Waals surface area contributed by atoms with Crippen LogP contribution in [-0.2, 0) is 0 Å². The summed E-state index contributed by atoms with van der Waals surface area (Å²) in [5, 5.41) is 9.43. The molecule has 1 aromatic carbocycles. The van der Waals surface area contributed by atoms with Crippen LogP contribution in [0.3, 0.4) is 0 Å². The molecule has 0 radical (unpaired) electrons. The molecule has 0 heterocycles. The van der Waals surface area contributed by atoms with E-state index in [1.54, 1.807) is 18.2 Å². The van der Waals surface area contributed by atoms with Gasteiger partial charge in [-0.15, -0.1) is 0 Å². The lowest BCUT2D eigenvalue weighted by atomic mass is 10.3. The summed E-state index contributed by atoms with van der Waals surface area (Å²) in [7, 11) is 0. The zero-order valence-corrected chi connectivity index (χ0v) is 8.98. The molecule has 2 nitrogen and oxygen atoms in total. The molecule has 0 saturated carbocycles. The van der Waals surface area contributed by atoms with Crippen molar-refractivity contribution in [1.29, 1.82) is 5.26 Å². The van der Waals surface area contributed by atoms with Crippen molar-refractivity contribution in [2.45, 2.75) is 12.8 Å². The lowest BCUT2D eigenvalue weighted by Crippen LogP contribution is -1.97. The predicted octanol–water partition coefficient (Wildman–Crippen LogP) is 3.68. The van der Waals surface area contributed by atoms with Crippen LogP contribution in [0.5, 0.6) is 5.75 Å². The zero-order chi connectivity index (χ0) is 10.4. The fraction of sp³-hybridized carbons (Fsp3) is 0.300. The van der Waals surface area contributed by atoms with Gasteiger partial charge in [0.2, 0.25) is 0 Å². The molecule has 0 N–H and O–H groups in total. The molecular weight excluding hydrogens is 221 g/mol. The Morgan fingerprint density at radius 1 is 1.36 bits per heavy atom. The van der Waals surface area contributed by atoms with Crippen LogP contribution < -0.4 is 4.74 Å². The van der Waals surface area contributed by atoms with Crippen LogP contribution in [0.25, 0.3) is 0 Å². The van der Waals surface area contributed by atoms with E-state index >= 15 is 0 Å². The summed E-state index contributed by atoms with van der Waals surface area (Å²) in [6.45, 7) is 0.480. The quantitative estimate of drug-likeness (QED) is 0.739. The number of hydrogen-bond donors (Lipinski definition) is 0. The standard InChI is InChI=1S/C10H9Cl2NO/c11-8-3-4-9(12)10(7-8)14-6-2-1-5-13/h3-4,7H,1-2,6H2. The van der Waals surface area contributed by atoms with Gasteiger partial charge in [0.25, 0.3) is 0 Å². The average Bonchev–Trinajstić information content (AvgIpc) is 2.18. The number of halogens is 2. The Bertz CT molecular complexity index is 346. The van der Waals surface area contributed by atoms with Crippen molar-refractivity contribution in [3.05, 3.63) is 28.2 Å². The van der Waals surface area contributed by atoms with Gasteiger partial charge in [0.1, 0.15) is 5.75 Å². The highest BCUT2D eigenvalue weighted by molar-refractivity contribution is 6.34. The van der Waals surface area contributed by atoms with Gasteiger partial charge in [-0.1, -0.05) is 23.2 Å². The second-order valence-electron chi connectivity index (χ2n) is 2.68. The molecule has 14 heavy (non-hydrogen) atoms. The van der Waals surface area contributed by atoms with Gasteiger partial charge < -0.3 is 4.74 Å². The summed E-state index contributed by atoms with van der Waals surface area (Å²) in [4.78, 5) is 0. The Morgan fingerprint density at radius 3 is 2.86 bits per heavy atom. The highest BCUT2D eigenvalue weighted by Crippen LogP contribution is 2.27. The number of hydrogen-bond acceptors (Lipinski definition) is 2. The van der Waals surface area contributed by atoms with Crippen LogP contribution in [-0.4, -0.2) is 6.61 Å². The first-order valence-electron chi connectivity index (χ1n) is 4.19. The summed E-state index contributed by atoms with van der Waals surface area (Å²) >= 11 is 11.6. The lowest BCUT2D eigenvalue weighted by Gasteiger charge is -2.06. The number of benzene rings is 1. The van der Waals surface area contributed by atoms with Crippen molar-refractivity contribution in [2.75, 3.05) is 6.61 Å². The minimum absolute atomic E-state index is 0.480. The first kappa shape index (κ1) is 11.2. The van der Waals surface area contributed by atoms with Gasteiger partial charge in [0, 0.05) is 17.5 Å². The lowest BCUT2D eigenvalue weighted by molar-refractivity contribution is 0.313. The van der Waals surface area contributed by atoms with Crippen LogP contribution in [0.15, 0.2) is 18.2 Å². The molecule has 0 spiro atoms. The minimum Gasteiger partial charge on any atom is -0.492 e. The average molecular weight is 230 g/mol. The second kappa shape index (κ2) is 5.74. The highest BCUT2D eigenvalue weighted by atomic mass is 35.5. The molecule has 0 saturated heterocycles. The largest absolute Gasteiger partial charge is 0.492 e. The Balaban J connectivity index is 2.50. The molecule has 0 amide bonds. The molecule has 1 aromatic rings. The van der Waals surface area contributed by atoms with Gasteiger partial charge in [0.05, 0.1) is 17.7 Å². The summed E-state index contributed by atoms with van der Waals surface area (Å²) in [6.07, 6.45) is 1.18. The maximum Gasteiger partial charge on any atom is 0.139 e. The fourth-order valence-corrected chi connectivity index (χ4v) is 1.26. The van der Waals surface area contributed by atoms with E-state index < -0.39 is 0 Å². The van der Waals surface area contributed by atoms with Crippen LogP contribution in [0.2, 0.25) is 10.0 Å². The van der Waals surface area contributed by atoms with Crippen LogP contribution >= 0.6 is 23.2 Å². The van der Waals surface area contributed by atoms with E-state index in [4.69, 9.17) is 33.2 Å². The van der Waals surface area contributed by atoms with E-state index in [0.29, 0.717) is 35.2 Å². The first-order valence-corrected chi connectivity index (χ1v) is 4.94. The third-order valence-electron chi connectivity index (χ3n) is 1.58. The van der Waals surface area contributed by atoms with E-state index in [-0.39, 0.29) is 0 Å². The molecule has 0 atom stereocenters. The van der Waals surface area contributed by atoms with Crippen LogP contribution in [0, 0.1) is 11.3 Å². The van der Waals surface area contributed by atoms with Gasteiger partial charge >= 0.3 is 0 Å². The van der Waals surface area contributed by atoms with Crippen molar-refractivity contribution >= 4 is 23.2 Å². The van der Waals surface area contributed by atoms with E-state index in [9.17, 15) is 0 Å². The summed E-state index contributed by atoms with van der Waals surface area (Å²) < 4.78 is 5.35. The normalized spacial score (nSPS) is 9.50. The number of nitriles is 1. The Kier molecular flexibility index (Phi) is 4.58. The van der Waals surface area contributed by atoms with Gasteiger partial charge in [0.15, 0.2) is 0 Å². The van der Waals surface area contributed by atoms with E-state index in [2.05, 4.69) is 0 Å². The molecule has 0 unspecified atom stereocenters. The Labute approximate surface area is 93.0 Å². The van der Waals surface area contributed by atoms with E-state index in [1.165, 1.54) is 0 Å². The van der Waals surface area contributed by atoms with Gasteiger partial charge in [-0.3, -0.25) is 0 Å². The molecule has 0 fully saturated rings.